The number of benzene rings is 3. The highest BCUT2D eigenvalue weighted by molar-refractivity contribution is 7.25. The molecule has 0 atom stereocenters. The molecule has 3 heterocycles. The first kappa shape index (κ1) is 19.0. The number of quaternary nitrogens is 1. The molecule has 3 aromatic carbocycles. The van der Waals surface area contributed by atoms with Crippen LogP contribution in [0.15, 0.2) is 58.1 Å². The van der Waals surface area contributed by atoms with Crippen LogP contribution >= 0.6 is 11.3 Å². The Hall–Kier alpha value is -2.76. The average molecular weight is 430 g/mol. The van der Waals surface area contributed by atoms with Crippen molar-refractivity contribution in [2.45, 2.75) is 32.2 Å². The number of pyridine rings is 1. The van der Waals surface area contributed by atoms with E-state index in [1.165, 1.54) is 47.0 Å². The number of nitrogens with zero attached hydrogens (tertiary/aromatic N) is 1. The van der Waals surface area contributed by atoms with Crippen LogP contribution < -0.4 is 16.0 Å². The summed E-state index contributed by atoms with van der Waals surface area (Å²) in [5, 5.41) is 5.52. The number of likely N-dealkylation sites (tertiary alicyclic amines) is 1. The Labute approximate surface area is 183 Å². The van der Waals surface area contributed by atoms with Gasteiger partial charge in [-0.1, -0.05) is 24.3 Å². The van der Waals surface area contributed by atoms with Crippen LogP contribution in [0.5, 0.6) is 0 Å². The normalized spacial score (nSPS) is 15.6. The van der Waals surface area contributed by atoms with E-state index >= 15 is 0 Å². The van der Waals surface area contributed by atoms with Crippen LogP contribution in [0.25, 0.3) is 41.7 Å². The first-order valence-corrected chi connectivity index (χ1v) is 12.1. The molecule has 0 amide bonds. The van der Waals surface area contributed by atoms with Gasteiger partial charge >= 0.3 is 0 Å². The molecule has 156 valence electrons. The van der Waals surface area contributed by atoms with Crippen LogP contribution in [-0.4, -0.2) is 24.2 Å². The first-order valence-electron chi connectivity index (χ1n) is 11.3. The lowest BCUT2D eigenvalue weighted by Crippen LogP contribution is -3.12. The van der Waals surface area contributed by atoms with E-state index < -0.39 is 0 Å². The summed E-state index contributed by atoms with van der Waals surface area (Å²) >= 11 is 1.72. The average Bonchev–Trinajstić information content (AvgIpc) is 2.81. The first-order chi connectivity index (χ1) is 15.2. The Bertz CT molecular complexity index is 1510. The summed E-state index contributed by atoms with van der Waals surface area (Å²) in [5.41, 5.74) is -0.280. The van der Waals surface area contributed by atoms with Gasteiger partial charge in [0, 0.05) is 43.9 Å². The van der Waals surface area contributed by atoms with Gasteiger partial charge in [-0.05, 0) is 54.3 Å². The number of rotatable bonds is 4. The van der Waals surface area contributed by atoms with Gasteiger partial charge in [0.1, 0.15) is 0 Å². The number of hydrogen-bond donors (Lipinski definition) is 1. The fourth-order valence-electron chi connectivity index (χ4n) is 5.40. The Balaban J connectivity index is 1.51. The minimum atomic E-state index is -0.140. The van der Waals surface area contributed by atoms with Crippen LogP contribution in [-0.2, 0) is 6.54 Å². The molecule has 0 unspecified atom stereocenters. The second kappa shape index (κ2) is 7.43. The molecule has 1 saturated heterocycles. The largest absolute Gasteiger partial charge is 0.335 e. The summed E-state index contributed by atoms with van der Waals surface area (Å²) in [5.74, 6) is 0. The molecular formula is C26H25N2O2S+. The Kier molecular flexibility index (Phi) is 4.55. The quantitative estimate of drug-likeness (QED) is 0.349. The summed E-state index contributed by atoms with van der Waals surface area (Å²) in [6.45, 7) is 3.97. The number of aromatic nitrogens is 1. The molecule has 2 aromatic heterocycles. The Morgan fingerprint density at radius 1 is 0.742 bits per heavy atom. The van der Waals surface area contributed by atoms with Crippen molar-refractivity contribution in [3.63, 3.8) is 0 Å². The molecule has 1 aliphatic heterocycles. The fourth-order valence-corrected chi connectivity index (χ4v) is 6.52. The van der Waals surface area contributed by atoms with Crippen molar-refractivity contribution >= 4 is 53.1 Å². The van der Waals surface area contributed by atoms with Crippen LogP contribution in [0.1, 0.15) is 25.7 Å². The minimum absolute atomic E-state index is 0.140. The molecule has 1 aliphatic rings. The highest BCUT2D eigenvalue weighted by Gasteiger charge is 2.19. The van der Waals surface area contributed by atoms with E-state index in [2.05, 4.69) is 30.3 Å². The van der Waals surface area contributed by atoms with Gasteiger partial charge in [-0.15, -0.1) is 11.3 Å². The summed E-state index contributed by atoms with van der Waals surface area (Å²) in [6, 6.07) is 16.3. The molecule has 4 nitrogen and oxygen atoms in total. The molecule has 6 rings (SSSR count). The van der Waals surface area contributed by atoms with Crippen molar-refractivity contribution in [2.75, 3.05) is 19.6 Å². The maximum absolute atomic E-state index is 13.4. The summed E-state index contributed by atoms with van der Waals surface area (Å²) in [6.07, 6.45) is 4.78. The molecule has 31 heavy (non-hydrogen) atoms. The maximum Gasteiger partial charge on any atom is 0.261 e. The summed E-state index contributed by atoms with van der Waals surface area (Å²) in [7, 11) is 0. The molecule has 5 heteroatoms. The topological polar surface area (TPSA) is 43.5 Å². The number of nitrogens with one attached hydrogen (secondary N) is 1. The van der Waals surface area contributed by atoms with Gasteiger partial charge in [0.2, 0.25) is 0 Å². The number of piperidine rings is 1. The van der Waals surface area contributed by atoms with Crippen LogP contribution in [0.4, 0.5) is 0 Å². The second-order valence-electron chi connectivity index (χ2n) is 8.80. The van der Waals surface area contributed by atoms with Gasteiger partial charge in [-0.2, -0.15) is 0 Å². The minimum Gasteiger partial charge on any atom is -0.335 e. The van der Waals surface area contributed by atoms with Gasteiger partial charge in [-0.3, -0.25) is 14.2 Å². The Morgan fingerprint density at radius 2 is 1.45 bits per heavy atom. The lowest BCUT2D eigenvalue weighted by molar-refractivity contribution is -0.905. The Morgan fingerprint density at radius 3 is 2.26 bits per heavy atom. The molecular weight excluding hydrogens is 404 g/mol. The van der Waals surface area contributed by atoms with Gasteiger partial charge in [-0.25, -0.2) is 0 Å². The van der Waals surface area contributed by atoms with Gasteiger partial charge < -0.3 is 4.90 Å². The monoisotopic (exact) mass is 429 g/mol. The zero-order valence-corrected chi connectivity index (χ0v) is 18.3. The zero-order chi connectivity index (χ0) is 20.9. The van der Waals surface area contributed by atoms with Gasteiger partial charge in [0.15, 0.2) is 0 Å². The molecule has 5 aromatic rings. The van der Waals surface area contributed by atoms with Crippen molar-refractivity contribution in [1.82, 2.24) is 4.57 Å². The van der Waals surface area contributed by atoms with Crippen molar-refractivity contribution in [3.8, 4) is 0 Å². The summed E-state index contributed by atoms with van der Waals surface area (Å²) < 4.78 is 3.82. The van der Waals surface area contributed by atoms with Crippen molar-refractivity contribution in [3.05, 3.63) is 69.2 Å². The molecule has 0 spiro atoms. The third-order valence-corrected chi connectivity index (χ3v) is 8.08. The standard InChI is InChI=1S/C26H24N2O2S/c29-25-19-10-9-18-17-7-2-3-8-21(17)31-22-12-11-20(23(19)24(18)22)26(30)28(25)16-6-15-27-13-4-1-5-14-27/h2-3,7-12H,1,4-6,13-16H2/p+1. The van der Waals surface area contributed by atoms with E-state index in [1.807, 2.05) is 18.2 Å². The van der Waals surface area contributed by atoms with Crippen LogP contribution in [0.2, 0.25) is 0 Å². The van der Waals surface area contributed by atoms with E-state index in [0.717, 1.165) is 33.8 Å². The number of hydrogen-bond acceptors (Lipinski definition) is 3. The molecule has 0 radical (unpaired) electrons. The lowest BCUT2D eigenvalue weighted by atomic mass is 9.98. The van der Waals surface area contributed by atoms with Crippen LogP contribution in [0.3, 0.4) is 0 Å². The van der Waals surface area contributed by atoms with Crippen molar-refractivity contribution in [1.29, 1.82) is 0 Å². The van der Waals surface area contributed by atoms with Crippen molar-refractivity contribution in [2.24, 2.45) is 0 Å². The zero-order valence-electron chi connectivity index (χ0n) is 17.4. The molecule has 1 N–H and O–H groups in total. The van der Waals surface area contributed by atoms with Crippen molar-refractivity contribution < 1.29 is 4.90 Å². The fraction of sp³-hybridized carbons (Fsp3) is 0.308. The van der Waals surface area contributed by atoms with E-state index in [1.54, 1.807) is 16.2 Å². The summed E-state index contributed by atoms with van der Waals surface area (Å²) in [4.78, 5) is 28.3. The second-order valence-corrected chi connectivity index (χ2v) is 9.88. The highest BCUT2D eigenvalue weighted by Crippen LogP contribution is 2.39. The molecule has 0 bridgehead atoms. The third-order valence-electron chi connectivity index (χ3n) is 6.94. The van der Waals surface area contributed by atoms with E-state index in [4.69, 9.17) is 0 Å². The third kappa shape index (κ3) is 2.99. The van der Waals surface area contributed by atoms with Crippen LogP contribution in [0, 0.1) is 0 Å². The highest BCUT2D eigenvalue weighted by atomic mass is 32.1. The predicted octanol–water partition coefficient (Wildman–Crippen LogP) is 3.78. The van der Waals surface area contributed by atoms with Gasteiger partial charge in [0.05, 0.1) is 19.6 Å². The molecule has 0 aliphatic carbocycles. The number of fused-ring (bicyclic) bond motifs is 2. The van der Waals surface area contributed by atoms with E-state index in [-0.39, 0.29) is 11.1 Å². The SMILES string of the molecule is O=c1c2ccc3sc4ccccc4c4ccc(c(=O)n1CCC[NH+]1CCCCC1)c2c34. The van der Waals surface area contributed by atoms with Gasteiger partial charge in [0.25, 0.3) is 11.1 Å². The van der Waals surface area contributed by atoms with E-state index in [9.17, 15) is 9.59 Å². The molecule has 1 fully saturated rings. The molecule has 0 saturated carbocycles. The van der Waals surface area contributed by atoms with E-state index in [0.29, 0.717) is 17.3 Å². The maximum atomic E-state index is 13.4. The lowest BCUT2D eigenvalue weighted by Gasteiger charge is -2.23. The predicted molar refractivity (Wildman–Crippen MR) is 130 cm³/mol. The smallest absolute Gasteiger partial charge is 0.261 e.